The Morgan fingerprint density at radius 1 is 1.42 bits per heavy atom. The average Bonchev–Trinajstić information content (AvgIpc) is 2.78. The van der Waals surface area contributed by atoms with Gasteiger partial charge in [0.2, 0.25) is 0 Å². The number of nitrogens with two attached hydrogens (primary N) is 1. The lowest BCUT2D eigenvalue weighted by molar-refractivity contribution is 0.481. The fourth-order valence-corrected chi connectivity index (χ4v) is 2.02. The molecule has 4 nitrogen and oxygen atoms in total. The van der Waals surface area contributed by atoms with Gasteiger partial charge < -0.3 is 10.5 Å². The summed E-state index contributed by atoms with van der Waals surface area (Å²) in [4.78, 5) is 0. The Labute approximate surface area is 118 Å². The van der Waals surface area contributed by atoms with E-state index >= 15 is 0 Å². The van der Waals surface area contributed by atoms with Gasteiger partial charge in [0.25, 0.3) is 0 Å². The van der Waals surface area contributed by atoms with E-state index in [2.05, 4.69) is 12.0 Å². The number of aromatic nitrogens is 2. The van der Waals surface area contributed by atoms with Crippen molar-refractivity contribution in [3.05, 3.63) is 41.2 Å². The van der Waals surface area contributed by atoms with Crippen LogP contribution in [0.5, 0.6) is 11.5 Å². The molecule has 5 heteroatoms. The molecule has 1 aromatic carbocycles. The van der Waals surface area contributed by atoms with Crippen molar-refractivity contribution < 1.29 is 4.74 Å². The molecule has 1 heterocycles. The number of rotatable bonds is 5. The highest BCUT2D eigenvalue weighted by molar-refractivity contribution is 6.31. The van der Waals surface area contributed by atoms with Gasteiger partial charge in [0.15, 0.2) is 5.75 Å². The van der Waals surface area contributed by atoms with Gasteiger partial charge in [0.1, 0.15) is 5.75 Å². The smallest absolute Gasteiger partial charge is 0.165 e. The van der Waals surface area contributed by atoms with Gasteiger partial charge in [0, 0.05) is 18.1 Å². The maximum absolute atomic E-state index is 6.25. The first-order valence-corrected chi connectivity index (χ1v) is 6.66. The molecule has 0 aliphatic carbocycles. The lowest BCUT2D eigenvalue weighted by Gasteiger charge is -2.11. The predicted octanol–water partition coefficient (Wildman–Crippen LogP) is 3.15. The molecule has 2 aromatic rings. The first-order valence-electron chi connectivity index (χ1n) is 6.29. The van der Waals surface area contributed by atoms with Gasteiger partial charge in [-0.2, -0.15) is 5.10 Å². The summed E-state index contributed by atoms with van der Waals surface area (Å²) < 4.78 is 7.35. The second kappa shape index (κ2) is 6.08. The van der Waals surface area contributed by atoms with E-state index in [0.29, 0.717) is 16.5 Å². The van der Waals surface area contributed by atoms with Crippen LogP contribution < -0.4 is 10.5 Å². The van der Waals surface area contributed by atoms with E-state index in [1.54, 1.807) is 17.1 Å². The molecule has 0 bridgehead atoms. The van der Waals surface area contributed by atoms with Crippen molar-refractivity contribution >= 4 is 11.6 Å². The Bertz CT molecular complexity index is 553. The molecule has 1 unspecified atom stereocenters. The topological polar surface area (TPSA) is 53.1 Å². The number of aryl methyl sites for hydroxylation is 1. The molecule has 2 N–H and O–H groups in total. The van der Waals surface area contributed by atoms with Crippen LogP contribution in [-0.2, 0) is 13.5 Å². The molecule has 0 fully saturated rings. The molecular formula is C14H18ClN3O. The molecule has 1 atom stereocenters. The number of nitrogens with zero attached hydrogens (tertiary/aromatic N) is 2. The van der Waals surface area contributed by atoms with Crippen molar-refractivity contribution in [1.82, 2.24) is 9.78 Å². The highest BCUT2D eigenvalue weighted by Gasteiger charge is 2.08. The number of hydrogen-bond acceptors (Lipinski definition) is 3. The summed E-state index contributed by atoms with van der Waals surface area (Å²) in [6.07, 6.45) is 5.18. The van der Waals surface area contributed by atoms with Crippen molar-refractivity contribution in [2.45, 2.75) is 25.8 Å². The highest BCUT2D eigenvalue weighted by Crippen LogP contribution is 2.27. The van der Waals surface area contributed by atoms with E-state index in [1.165, 1.54) is 0 Å². The Balaban J connectivity index is 2.10. The number of halogens is 1. The summed E-state index contributed by atoms with van der Waals surface area (Å²) in [6, 6.07) is 5.81. The highest BCUT2D eigenvalue weighted by atomic mass is 35.5. The first kappa shape index (κ1) is 13.9. The molecule has 19 heavy (non-hydrogen) atoms. The number of ether oxygens (including phenoxy) is 1. The quantitative estimate of drug-likeness (QED) is 0.915. The molecule has 0 saturated heterocycles. The monoisotopic (exact) mass is 279 g/mol. The van der Waals surface area contributed by atoms with Crippen LogP contribution in [0.4, 0.5) is 0 Å². The zero-order valence-electron chi connectivity index (χ0n) is 11.1. The Kier molecular flexibility index (Phi) is 4.45. The Hall–Kier alpha value is -1.52. The molecule has 0 aliphatic heterocycles. The van der Waals surface area contributed by atoms with Crippen molar-refractivity contribution in [2.75, 3.05) is 0 Å². The summed E-state index contributed by atoms with van der Waals surface area (Å²) in [5, 5.41) is 4.73. The van der Waals surface area contributed by atoms with Crippen LogP contribution in [0.3, 0.4) is 0 Å². The van der Waals surface area contributed by atoms with Crippen LogP contribution in [0.1, 0.15) is 18.9 Å². The first-order chi connectivity index (χ1) is 9.08. The minimum atomic E-state index is 0.141. The molecule has 2 rings (SSSR count). The average molecular weight is 280 g/mol. The summed E-state index contributed by atoms with van der Waals surface area (Å²) in [5.74, 6) is 1.39. The number of hydrogen-bond donors (Lipinski definition) is 1. The third kappa shape index (κ3) is 3.72. The van der Waals surface area contributed by atoms with Crippen molar-refractivity contribution in [2.24, 2.45) is 12.8 Å². The lowest BCUT2D eigenvalue weighted by atomic mass is 10.0. The van der Waals surface area contributed by atoms with E-state index in [9.17, 15) is 0 Å². The minimum absolute atomic E-state index is 0.141. The van der Waals surface area contributed by atoms with E-state index in [0.717, 1.165) is 18.4 Å². The lowest BCUT2D eigenvalue weighted by Crippen LogP contribution is -2.21. The van der Waals surface area contributed by atoms with Gasteiger partial charge in [-0.15, -0.1) is 0 Å². The zero-order valence-corrected chi connectivity index (χ0v) is 11.9. The fraction of sp³-hybridized carbons (Fsp3) is 0.357. The van der Waals surface area contributed by atoms with E-state index in [4.69, 9.17) is 22.1 Å². The molecule has 1 aromatic heterocycles. The van der Waals surface area contributed by atoms with Crippen molar-refractivity contribution in [1.29, 1.82) is 0 Å². The second-order valence-electron chi connectivity index (χ2n) is 4.58. The summed E-state index contributed by atoms with van der Waals surface area (Å²) in [5.41, 5.74) is 6.99. The van der Waals surface area contributed by atoms with Crippen LogP contribution in [-0.4, -0.2) is 15.8 Å². The van der Waals surface area contributed by atoms with Gasteiger partial charge in [-0.3, -0.25) is 4.68 Å². The summed E-state index contributed by atoms with van der Waals surface area (Å²) >= 11 is 6.25. The normalized spacial score (nSPS) is 12.4. The third-order valence-corrected chi connectivity index (χ3v) is 3.30. The largest absolute Gasteiger partial charge is 0.454 e. The summed E-state index contributed by atoms with van der Waals surface area (Å²) in [7, 11) is 1.84. The van der Waals surface area contributed by atoms with Gasteiger partial charge in [-0.25, -0.2) is 0 Å². The van der Waals surface area contributed by atoms with E-state index in [1.807, 2.05) is 25.2 Å². The Morgan fingerprint density at radius 3 is 2.79 bits per heavy atom. The third-order valence-electron chi connectivity index (χ3n) is 2.95. The van der Waals surface area contributed by atoms with Gasteiger partial charge in [0.05, 0.1) is 12.4 Å². The number of benzene rings is 1. The van der Waals surface area contributed by atoms with E-state index < -0.39 is 0 Å². The molecule has 102 valence electrons. The zero-order chi connectivity index (χ0) is 13.8. The molecule has 0 saturated carbocycles. The van der Waals surface area contributed by atoms with Crippen LogP contribution in [0.15, 0.2) is 30.6 Å². The second-order valence-corrected chi connectivity index (χ2v) is 4.98. The Morgan fingerprint density at radius 2 is 2.21 bits per heavy atom. The molecule has 0 amide bonds. The fourth-order valence-electron chi connectivity index (χ4n) is 1.77. The van der Waals surface area contributed by atoms with Crippen LogP contribution in [0.25, 0.3) is 0 Å². The molecule has 0 spiro atoms. The van der Waals surface area contributed by atoms with Crippen LogP contribution in [0.2, 0.25) is 5.02 Å². The van der Waals surface area contributed by atoms with Crippen molar-refractivity contribution in [3.8, 4) is 11.5 Å². The van der Waals surface area contributed by atoms with E-state index in [-0.39, 0.29) is 6.04 Å². The predicted molar refractivity (Wildman–Crippen MR) is 76.7 cm³/mol. The summed E-state index contributed by atoms with van der Waals surface area (Å²) in [6.45, 7) is 2.07. The molecule has 0 radical (unpaired) electrons. The standard InChI is InChI=1S/C14H18ClN3O/c1-3-11(16)6-10-4-5-12(7-14(10)15)19-13-8-17-18(2)9-13/h4-5,7-9,11H,3,6,16H2,1-2H3. The molecular weight excluding hydrogens is 262 g/mol. The van der Waals surface area contributed by atoms with Gasteiger partial charge in [-0.05, 0) is 30.5 Å². The van der Waals surface area contributed by atoms with Gasteiger partial charge >= 0.3 is 0 Å². The molecule has 0 aliphatic rings. The van der Waals surface area contributed by atoms with Crippen molar-refractivity contribution in [3.63, 3.8) is 0 Å². The maximum atomic E-state index is 6.25. The van der Waals surface area contributed by atoms with Crippen LogP contribution >= 0.6 is 11.6 Å². The maximum Gasteiger partial charge on any atom is 0.165 e. The van der Waals surface area contributed by atoms with Gasteiger partial charge in [-0.1, -0.05) is 24.6 Å². The van der Waals surface area contributed by atoms with Crippen LogP contribution in [0, 0.1) is 0 Å². The minimum Gasteiger partial charge on any atom is -0.454 e. The SMILES string of the molecule is CCC(N)Cc1ccc(Oc2cnn(C)c2)cc1Cl.